The van der Waals surface area contributed by atoms with Gasteiger partial charge in [0.25, 0.3) is 0 Å². The minimum Gasteiger partial charge on any atom is -0.465 e. The van der Waals surface area contributed by atoms with Crippen molar-refractivity contribution < 1.29 is 18.6 Å². The van der Waals surface area contributed by atoms with E-state index in [2.05, 4.69) is 0 Å². The predicted molar refractivity (Wildman–Crippen MR) is 59.0 cm³/mol. The zero-order valence-electron chi connectivity index (χ0n) is 8.82. The van der Waals surface area contributed by atoms with Crippen LogP contribution < -0.4 is 0 Å². The molecule has 0 aliphatic rings. The van der Waals surface area contributed by atoms with Crippen molar-refractivity contribution in [3.05, 3.63) is 0 Å². The summed E-state index contributed by atoms with van der Waals surface area (Å²) in [6.07, 6.45) is 0.476. The highest BCUT2D eigenvalue weighted by atomic mass is 32.5. The Kier molecular flexibility index (Phi) is 7.37. The maximum absolute atomic E-state index is 10.5. The summed E-state index contributed by atoms with van der Waals surface area (Å²) < 4.78 is 15.5. The molecular weight excluding hydrogens is 223 g/mol. The summed E-state index contributed by atoms with van der Waals surface area (Å²) in [6, 6.07) is 0. The predicted octanol–water partition coefficient (Wildman–Crippen LogP) is 1.93. The molecule has 4 nitrogen and oxygen atoms in total. The van der Waals surface area contributed by atoms with E-state index in [1.54, 1.807) is 0 Å². The van der Waals surface area contributed by atoms with Gasteiger partial charge in [-0.25, -0.2) is 0 Å². The van der Waals surface area contributed by atoms with Crippen molar-refractivity contribution in [2.24, 2.45) is 0 Å². The number of esters is 1. The highest BCUT2D eigenvalue weighted by Gasteiger charge is 2.17. The molecule has 0 amide bonds. The maximum atomic E-state index is 10.5. The molecular formula is C8H17O4PS. The first-order valence-electron chi connectivity index (χ1n) is 4.55. The average molecular weight is 240 g/mol. The lowest BCUT2D eigenvalue weighted by molar-refractivity contribution is -0.140. The van der Waals surface area contributed by atoms with Crippen LogP contribution in [0.4, 0.5) is 0 Å². The molecule has 0 heterocycles. The van der Waals surface area contributed by atoms with Crippen LogP contribution >= 0.6 is 6.49 Å². The van der Waals surface area contributed by atoms with Crippen LogP contribution in [-0.2, 0) is 30.4 Å². The number of hydrogen-bond donors (Lipinski definition) is 0. The SMILES string of the molecule is CCOP(=S)(CCOC(C)=O)OCC. The Balaban J connectivity index is 3.96. The van der Waals surface area contributed by atoms with E-state index in [0.29, 0.717) is 19.4 Å². The molecule has 0 aliphatic heterocycles. The van der Waals surface area contributed by atoms with Gasteiger partial charge < -0.3 is 13.8 Å². The van der Waals surface area contributed by atoms with Crippen LogP contribution in [0.3, 0.4) is 0 Å². The van der Waals surface area contributed by atoms with Gasteiger partial charge in [-0.3, -0.25) is 4.79 Å². The standard InChI is InChI=1S/C8H17O4PS/c1-4-11-13(14,12-5-2)7-6-10-8(3)9/h4-7H2,1-3H3. The van der Waals surface area contributed by atoms with Gasteiger partial charge in [0.1, 0.15) is 6.61 Å². The lowest BCUT2D eigenvalue weighted by Crippen LogP contribution is -2.08. The Morgan fingerprint density at radius 2 is 1.79 bits per heavy atom. The first-order chi connectivity index (χ1) is 6.54. The van der Waals surface area contributed by atoms with Crippen molar-refractivity contribution in [2.45, 2.75) is 20.8 Å². The van der Waals surface area contributed by atoms with Gasteiger partial charge in [0.2, 0.25) is 0 Å². The molecule has 0 aromatic heterocycles. The van der Waals surface area contributed by atoms with Crippen molar-refractivity contribution in [3.63, 3.8) is 0 Å². The third-order valence-corrected chi connectivity index (χ3v) is 4.54. The van der Waals surface area contributed by atoms with Gasteiger partial charge in [0.05, 0.1) is 19.4 Å². The van der Waals surface area contributed by atoms with Gasteiger partial charge >= 0.3 is 5.97 Å². The molecule has 0 bridgehead atoms. The average Bonchev–Trinajstić information content (AvgIpc) is 2.03. The van der Waals surface area contributed by atoms with Crippen LogP contribution in [0.2, 0.25) is 0 Å². The molecule has 0 spiro atoms. The van der Waals surface area contributed by atoms with E-state index in [1.165, 1.54) is 6.92 Å². The molecule has 0 atom stereocenters. The fourth-order valence-corrected chi connectivity index (χ4v) is 3.15. The van der Waals surface area contributed by atoms with Crippen molar-refractivity contribution in [2.75, 3.05) is 26.0 Å². The second-order valence-corrected chi connectivity index (χ2v) is 6.36. The van der Waals surface area contributed by atoms with Crippen LogP contribution in [0.25, 0.3) is 0 Å². The van der Waals surface area contributed by atoms with E-state index in [-0.39, 0.29) is 12.6 Å². The van der Waals surface area contributed by atoms with E-state index in [1.807, 2.05) is 13.8 Å². The number of rotatable bonds is 7. The van der Waals surface area contributed by atoms with Crippen LogP contribution in [0.15, 0.2) is 0 Å². The minimum absolute atomic E-state index is 0.270. The Morgan fingerprint density at radius 3 is 2.14 bits per heavy atom. The largest absolute Gasteiger partial charge is 0.465 e. The lowest BCUT2D eigenvalue weighted by Gasteiger charge is -2.20. The second kappa shape index (κ2) is 7.35. The summed E-state index contributed by atoms with van der Waals surface area (Å²) in [7, 11) is 0. The summed E-state index contributed by atoms with van der Waals surface area (Å²) in [5.74, 6) is -0.306. The first kappa shape index (κ1) is 14.0. The van der Waals surface area contributed by atoms with Crippen LogP contribution in [0.5, 0.6) is 0 Å². The van der Waals surface area contributed by atoms with Crippen molar-refractivity contribution in [1.29, 1.82) is 0 Å². The van der Waals surface area contributed by atoms with E-state index >= 15 is 0 Å². The monoisotopic (exact) mass is 240 g/mol. The summed E-state index contributed by atoms with van der Waals surface area (Å²) in [6.45, 7) is 4.20. The molecule has 6 heteroatoms. The minimum atomic E-state index is -2.22. The molecule has 0 aromatic rings. The normalized spacial score (nSPS) is 11.4. The summed E-state index contributed by atoms with van der Waals surface area (Å²) in [4.78, 5) is 10.5. The van der Waals surface area contributed by atoms with Gasteiger partial charge in [0, 0.05) is 6.92 Å². The smallest absolute Gasteiger partial charge is 0.302 e. The highest BCUT2D eigenvalue weighted by molar-refractivity contribution is 8.09. The fraction of sp³-hybridized carbons (Fsp3) is 0.875. The van der Waals surface area contributed by atoms with Crippen molar-refractivity contribution in [3.8, 4) is 0 Å². The molecule has 0 saturated heterocycles. The van der Waals surface area contributed by atoms with Gasteiger partial charge in [0.15, 0.2) is 6.49 Å². The molecule has 0 aromatic carbocycles. The highest BCUT2D eigenvalue weighted by Crippen LogP contribution is 2.47. The van der Waals surface area contributed by atoms with Gasteiger partial charge in [-0.1, -0.05) is 0 Å². The third kappa shape index (κ3) is 6.49. The van der Waals surface area contributed by atoms with Gasteiger partial charge in [-0.15, -0.1) is 0 Å². The van der Waals surface area contributed by atoms with E-state index in [4.69, 9.17) is 25.6 Å². The van der Waals surface area contributed by atoms with Crippen LogP contribution in [0.1, 0.15) is 20.8 Å². The maximum Gasteiger partial charge on any atom is 0.302 e. The second-order valence-electron chi connectivity index (χ2n) is 2.51. The molecule has 0 fully saturated rings. The number of ether oxygens (including phenoxy) is 1. The molecule has 0 N–H and O–H groups in total. The van der Waals surface area contributed by atoms with Crippen molar-refractivity contribution in [1.82, 2.24) is 0 Å². The van der Waals surface area contributed by atoms with Crippen LogP contribution in [0, 0.1) is 0 Å². The van der Waals surface area contributed by atoms with E-state index in [0.717, 1.165) is 0 Å². The summed E-state index contributed by atoms with van der Waals surface area (Å²) >= 11 is 5.23. The molecule has 0 radical (unpaired) electrons. The zero-order valence-corrected chi connectivity index (χ0v) is 10.5. The quantitative estimate of drug-likeness (QED) is 0.502. The number of hydrogen-bond acceptors (Lipinski definition) is 5. The van der Waals surface area contributed by atoms with E-state index < -0.39 is 6.49 Å². The molecule has 0 unspecified atom stereocenters. The number of carbonyl (C=O) groups is 1. The number of carbonyl (C=O) groups excluding carboxylic acids is 1. The van der Waals surface area contributed by atoms with Gasteiger partial charge in [-0.2, -0.15) is 0 Å². The Bertz CT molecular complexity index is 209. The molecule has 0 saturated carbocycles. The zero-order chi connectivity index (χ0) is 11.0. The molecule has 84 valence electrons. The molecule has 0 rings (SSSR count). The first-order valence-corrected chi connectivity index (χ1v) is 7.38. The summed E-state index contributed by atoms with van der Waals surface area (Å²) in [5.41, 5.74) is 0. The van der Waals surface area contributed by atoms with E-state index in [9.17, 15) is 4.79 Å². The van der Waals surface area contributed by atoms with Crippen LogP contribution in [-0.4, -0.2) is 32.0 Å². The Hall–Kier alpha value is 0.0400. The van der Waals surface area contributed by atoms with Gasteiger partial charge in [-0.05, 0) is 25.7 Å². The lowest BCUT2D eigenvalue weighted by atomic mass is 10.8. The molecule has 14 heavy (non-hydrogen) atoms. The Morgan fingerprint density at radius 1 is 1.29 bits per heavy atom. The summed E-state index contributed by atoms with van der Waals surface area (Å²) in [5, 5.41) is 0. The fourth-order valence-electron chi connectivity index (χ4n) is 0.861. The van der Waals surface area contributed by atoms with Crippen molar-refractivity contribution >= 4 is 24.3 Å². The third-order valence-electron chi connectivity index (χ3n) is 1.32. The topological polar surface area (TPSA) is 44.8 Å². The Labute approximate surface area is 90.1 Å². The molecule has 0 aliphatic carbocycles.